The summed E-state index contributed by atoms with van der Waals surface area (Å²) in [5, 5.41) is 3.08. The number of nitrogens with zero attached hydrogens (tertiary/aromatic N) is 3. The van der Waals surface area contributed by atoms with Crippen molar-refractivity contribution in [2.75, 3.05) is 28.2 Å². The Hall–Kier alpha value is -3.94. The number of rotatable bonds is 4. The van der Waals surface area contributed by atoms with Crippen LogP contribution in [0.5, 0.6) is 0 Å². The quantitative estimate of drug-likeness (QED) is 0.570. The van der Waals surface area contributed by atoms with Gasteiger partial charge in [0.2, 0.25) is 11.9 Å². The summed E-state index contributed by atoms with van der Waals surface area (Å²) in [5.41, 5.74) is 2.80. The van der Waals surface area contributed by atoms with E-state index in [0.29, 0.717) is 23.4 Å². The van der Waals surface area contributed by atoms with Gasteiger partial charge < -0.3 is 10.2 Å². The third-order valence-corrected chi connectivity index (χ3v) is 7.43. The van der Waals surface area contributed by atoms with E-state index in [0.717, 1.165) is 37.9 Å². The average molecular weight is 470 g/mol. The maximum absolute atomic E-state index is 13.2. The van der Waals surface area contributed by atoms with E-state index in [4.69, 9.17) is 0 Å². The molecule has 2 fully saturated rings. The molecule has 0 radical (unpaired) electrons. The van der Waals surface area contributed by atoms with Crippen LogP contribution in [0.15, 0.2) is 59.4 Å². The number of carbonyl (C=O) groups is 2. The molecule has 8 heteroatoms. The summed E-state index contributed by atoms with van der Waals surface area (Å²) < 4.78 is 0. The Labute approximate surface area is 203 Å². The molecule has 2 unspecified atom stereocenters. The molecule has 1 aromatic heterocycles. The van der Waals surface area contributed by atoms with Gasteiger partial charge in [-0.2, -0.15) is 4.98 Å². The van der Waals surface area contributed by atoms with Crippen LogP contribution in [0, 0.1) is 12.8 Å². The predicted molar refractivity (Wildman–Crippen MR) is 134 cm³/mol. The Morgan fingerprint density at radius 1 is 0.943 bits per heavy atom. The van der Waals surface area contributed by atoms with Crippen LogP contribution >= 0.6 is 0 Å². The van der Waals surface area contributed by atoms with E-state index >= 15 is 0 Å². The zero-order chi connectivity index (χ0) is 24.1. The van der Waals surface area contributed by atoms with E-state index in [9.17, 15) is 14.4 Å². The summed E-state index contributed by atoms with van der Waals surface area (Å²) >= 11 is 0. The fraction of sp³-hybridized carbons (Fsp3) is 0.333. The molecule has 2 saturated heterocycles. The normalized spacial score (nSPS) is 21.7. The molecule has 2 N–H and O–H groups in total. The number of aryl methyl sites for hydroxylation is 1. The monoisotopic (exact) mass is 469 g/mol. The highest BCUT2D eigenvalue weighted by molar-refractivity contribution is 6.27. The zero-order valence-corrected chi connectivity index (χ0v) is 19.5. The first kappa shape index (κ1) is 21.6. The van der Waals surface area contributed by atoms with Crippen molar-refractivity contribution < 1.29 is 9.59 Å². The third kappa shape index (κ3) is 3.69. The highest BCUT2D eigenvalue weighted by Gasteiger charge is 2.55. The van der Waals surface area contributed by atoms with Gasteiger partial charge in [-0.1, -0.05) is 48.0 Å². The van der Waals surface area contributed by atoms with Gasteiger partial charge in [0.1, 0.15) is 17.8 Å². The molecule has 6 rings (SSSR count). The molecule has 2 aromatic carbocycles. The van der Waals surface area contributed by atoms with Crippen LogP contribution in [-0.2, 0) is 16.0 Å². The number of piperidine rings is 1. The second-order valence-corrected chi connectivity index (χ2v) is 9.72. The standard InChI is InChI=1S/C27H27N5O3/c1-16-7-9-19(10-8-16)32-25(34)20-21-23(28-22(20)26(32)35)29-27(30-24(21)33)31-13-11-18(12-14-31)15-17-5-3-2-4-6-17/h2-10,18,20,22H,11-15H2,1H3,(H2,28,29,30,33). The van der Waals surface area contributed by atoms with Crippen LogP contribution in [0.4, 0.5) is 17.5 Å². The van der Waals surface area contributed by atoms with Gasteiger partial charge >= 0.3 is 0 Å². The summed E-state index contributed by atoms with van der Waals surface area (Å²) in [7, 11) is 0. The molecule has 3 aliphatic heterocycles. The van der Waals surface area contributed by atoms with Crippen molar-refractivity contribution in [2.45, 2.75) is 38.1 Å². The Bertz CT molecular complexity index is 1340. The van der Waals surface area contributed by atoms with Gasteiger partial charge in [0.15, 0.2) is 0 Å². The van der Waals surface area contributed by atoms with Crippen molar-refractivity contribution in [3.8, 4) is 0 Å². The lowest BCUT2D eigenvalue weighted by atomic mass is 9.90. The lowest BCUT2D eigenvalue weighted by molar-refractivity contribution is -0.121. The van der Waals surface area contributed by atoms with Gasteiger partial charge in [0.25, 0.3) is 11.5 Å². The van der Waals surface area contributed by atoms with Gasteiger partial charge in [0.05, 0.1) is 11.3 Å². The minimum absolute atomic E-state index is 0.255. The first-order chi connectivity index (χ1) is 17.0. The highest BCUT2D eigenvalue weighted by Crippen LogP contribution is 2.41. The number of hydrogen-bond acceptors (Lipinski definition) is 6. The smallest absolute Gasteiger partial charge is 0.258 e. The fourth-order valence-corrected chi connectivity index (χ4v) is 5.52. The van der Waals surface area contributed by atoms with Crippen molar-refractivity contribution in [3.63, 3.8) is 0 Å². The second kappa shape index (κ2) is 8.37. The molecule has 178 valence electrons. The highest BCUT2D eigenvalue weighted by atomic mass is 16.2. The maximum atomic E-state index is 13.2. The predicted octanol–water partition coefficient (Wildman–Crippen LogP) is 2.99. The lowest BCUT2D eigenvalue weighted by Crippen LogP contribution is -2.37. The zero-order valence-electron chi connectivity index (χ0n) is 19.5. The number of benzene rings is 2. The van der Waals surface area contributed by atoms with Crippen LogP contribution in [-0.4, -0.2) is 40.9 Å². The number of aromatic amines is 1. The van der Waals surface area contributed by atoms with Gasteiger partial charge in [0, 0.05) is 13.1 Å². The number of nitrogens with one attached hydrogen (secondary N) is 2. The molecule has 3 aliphatic rings. The topological polar surface area (TPSA) is 98.4 Å². The summed E-state index contributed by atoms with van der Waals surface area (Å²) in [6.07, 6.45) is 3.07. The number of anilines is 3. The van der Waals surface area contributed by atoms with E-state index in [1.807, 2.05) is 25.1 Å². The van der Waals surface area contributed by atoms with Crippen LogP contribution in [0.2, 0.25) is 0 Å². The number of imide groups is 1. The molecule has 35 heavy (non-hydrogen) atoms. The van der Waals surface area contributed by atoms with Gasteiger partial charge in [-0.3, -0.25) is 19.4 Å². The van der Waals surface area contributed by atoms with Crippen molar-refractivity contribution in [1.82, 2.24) is 9.97 Å². The average Bonchev–Trinajstić information content (AvgIpc) is 3.36. The van der Waals surface area contributed by atoms with Gasteiger partial charge in [-0.05, 0) is 49.8 Å². The van der Waals surface area contributed by atoms with Crippen LogP contribution in [0.3, 0.4) is 0 Å². The Kier molecular flexibility index (Phi) is 5.16. The van der Waals surface area contributed by atoms with Crippen molar-refractivity contribution in [3.05, 3.63) is 81.6 Å². The van der Waals surface area contributed by atoms with E-state index in [1.165, 1.54) is 10.5 Å². The first-order valence-corrected chi connectivity index (χ1v) is 12.1. The van der Waals surface area contributed by atoms with Crippen LogP contribution in [0.25, 0.3) is 0 Å². The SMILES string of the molecule is Cc1ccc(N2C(=O)C3Nc4nc(N5CCC(Cc6ccccc6)CC5)[nH]c(=O)c4C3C2=O)cc1. The fourth-order valence-electron chi connectivity index (χ4n) is 5.52. The van der Waals surface area contributed by atoms with Gasteiger partial charge in [-0.25, -0.2) is 4.90 Å². The van der Waals surface area contributed by atoms with Crippen molar-refractivity contribution in [2.24, 2.45) is 5.92 Å². The van der Waals surface area contributed by atoms with Crippen molar-refractivity contribution >= 4 is 29.3 Å². The number of amides is 2. The lowest BCUT2D eigenvalue weighted by Gasteiger charge is -2.32. The molecular formula is C27H27N5O3. The van der Waals surface area contributed by atoms with Crippen LogP contribution < -0.4 is 20.7 Å². The number of H-pyrrole nitrogens is 1. The van der Waals surface area contributed by atoms with E-state index < -0.39 is 17.9 Å². The van der Waals surface area contributed by atoms with E-state index in [2.05, 4.69) is 44.5 Å². The second-order valence-electron chi connectivity index (χ2n) is 9.72. The summed E-state index contributed by atoms with van der Waals surface area (Å²) in [5.74, 6) is -0.178. The Balaban J connectivity index is 1.20. The maximum Gasteiger partial charge on any atom is 0.258 e. The molecule has 0 bridgehead atoms. The number of aromatic nitrogens is 2. The molecule has 0 aliphatic carbocycles. The minimum Gasteiger partial charge on any atom is -0.357 e. The van der Waals surface area contributed by atoms with Gasteiger partial charge in [-0.15, -0.1) is 0 Å². The Morgan fingerprint density at radius 3 is 2.37 bits per heavy atom. The third-order valence-electron chi connectivity index (χ3n) is 7.43. The molecule has 8 nitrogen and oxygen atoms in total. The minimum atomic E-state index is -0.860. The summed E-state index contributed by atoms with van der Waals surface area (Å²) in [6.45, 7) is 3.54. The molecule has 2 atom stereocenters. The van der Waals surface area contributed by atoms with Crippen LogP contribution in [0.1, 0.15) is 35.4 Å². The van der Waals surface area contributed by atoms with Crippen molar-refractivity contribution in [1.29, 1.82) is 0 Å². The Morgan fingerprint density at radius 2 is 1.66 bits per heavy atom. The van der Waals surface area contributed by atoms with E-state index in [-0.39, 0.29) is 17.0 Å². The molecule has 2 amide bonds. The number of fused-ring (bicyclic) bond motifs is 3. The number of hydrogen-bond donors (Lipinski definition) is 2. The first-order valence-electron chi connectivity index (χ1n) is 12.1. The summed E-state index contributed by atoms with van der Waals surface area (Å²) in [4.78, 5) is 50.3. The molecule has 0 saturated carbocycles. The number of carbonyl (C=O) groups excluding carboxylic acids is 2. The summed E-state index contributed by atoms with van der Waals surface area (Å²) in [6, 6.07) is 16.9. The van der Waals surface area contributed by atoms with E-state index in [1.54, 1.807) is 12.1 Å². The molecule has 0 spiro atoms. The molecule has 3 aromatic rings. The largest absolute Gasteiger partial charge is 0.357 e. The molecule has 4 heterocycles. The molecular weight excluding hydrogens is 442 g/mol.